The van der Waals surface area contributed by atoms with Gasteiger partial charge in [0, 0.05) is 5.56 Å². The van der Waals surface area contributed by atoms with E-state index in [0.29, 0.717) is 0 Å². The molecule has 2 aliphatic rings. The highest BCUT2D eigenvalue weighted by Crippen LogP contribution is 2.37. The van der Waals surface area contributed by atoms with Crippen molar-refractivity contribution in [3.05, 3.63) is 47.0 Å². The van der Waals surface area contributed by atoms with Crippen LogP contribution >= 0.6 is 0 Å². The monoisotopic (exact) mass is 404 g/mol. The van der Waals surface area contributed by atoms with Crippen LogP contribution in [-0.2, 0) is 0 Å². The highest BCUT2D eigenvalue weighted by atomic mass is 14.3. The van der Waals surface area contributed by atoms with Crippen molar-refractivity contribution in [3.63, 3.8) is 0 Å². The van der Waals surface area contributed by atoms with Gasteiger partial charge >= 0.3 is 0 Å². The summed E-state index contributed by atoms with van der Waals surface area (Å²) >= 11 is 0. The van der Waals surface area contributed by atoms with Crippen LogP contribution < -0.4 is 0 Å². The number of rotatable bonds is 9. The summed E-state index contributed by atoms with van der Waals surface area (Å²) in [5.74, 6) is 9.57. The average Bonchev–Trinajstić information content (AvgIpc) is 2.80. The van der Waals surface area contributed by atoms with Crippen molar-refractivity contribution in [2.45, 2.75) is 116 Å². The first-order valence-electron chi connectivity index (χ1n) is 13.1. The Bertz CT molecular complexity index is 688. The molecule has 1 aromatic carbocycles. The molecular weight excluding hydrogens is 360 g/mol. The largest absolute Gasteiger partial charge is 0.0726 e. The van der Waals surface area contributed by atoms with E-state index >= 15 is 0 Å². The zero-order valence-corrected chi connectivity index (χ0v) is 19.7. The molecule has 1 unspecified atom stereocenters. The van der Waals surface area contributed by atoms with Gasteiger partial charge in [-0.3, -0.25) is 0 Å². The van der Waals surface area contributed by atoms with Crippen LogP contribution in [0, 0.1) is 23.7 Å². The Morgan fingerprint density at radius 3 is 2.00 bits per heavy atom. The second-order valence-electron chi connectivity index (χ2n) is 9.95. The Morgan fingerprint density at radius 2 is 1.40 bits per heavy atom. The van der Waals surface area contributed by atoms with E-state index in [1.54, 1.807) is 5.56 Å². The van der Waals surface area contributed by atoms with Crippen LogP contribution in [0.15, 0.2) is 35.9 Å². The highest BCUT2D eigenvalue weighted by Gasteiger charge is 2.21. The van der Waals surface area contributed by atoms with Gasteiger partial charge in [0.25, 0.3) is 0 Å². The van der Waals surface area contributed by atoms with Crippen molar-refractivity contribution in [2.24, 2.45) is 11.8 Å². The summed E-state index contributed by atoms with van der Waals surface area (Å²) in [4.78, 5) is 0. The van der Waals surface area contributed by atoms with Gasteiger partial charge in [-0.05, 0) is 86.0 Å². The minimum atomic E-state index is 0.778. The third-order valence-electron chi connectivity index (χ3n) is 7.55. The van der Waals surface area contributed by atoms with Gasteiger partial charge < -0.3 is 0 Å². The van der Waals surface area contributed by atoms with Crippen molar-refractivity contribution in [3.8, 4) is 11.8 Å². The zero-order chi connectivity index (χ0) is 21.0. The Balaban J connectivity index is 1.44. The minimum absolute atomic E-state index is 0.778. The normalized spacial score (nSPS) is 24.1. The highest BCUT2D eigenvalue weighted by molar-refractivity contribution is 5.42. The third kappa shape index (κ3) is 7.65. The number of unbranched alkanes of at least 4 members (excludes halogenated alkanes) is 4. The summed E-state index contributed by atoms with van der Waals surface area (Å²) in [6.07, 6.45) is 23.0. The summed E-state index contributed by atoms with van der Waals surface area (Å²) in [6, 6.07) is 9.22. The van der Waals surface area contributed by atoms with Crippen molar-refractivity contribution in [2.75, 3.05) is 0 Å². The van der Waals surface area contributed by atoms with E-state index in [9.17, 15) is 0 Å². The van der Waals surface area contributed by atoms with E-state index in [1.807, 2.05) is 0 Å². The lowest BCUT2D eigenvalue weighted by atomic mass is 9.77. The molecule has 0 radical (unpaired) electrons. The molecule has 1 aromatic rings. The Hall–Kier alpha value is -1.48. The number of hydrogen-bond acceptors (Lipinski definition) is 0. The molecule has 0 amide bonds. The van der Waals surface area contributed by atoms with E-state index in [1.165, 1.54) is 107 Å². The molecule has 30 heavy (non-hydrogen) atoms. The van der Waals surface area contributed by atoms with Crippen molar-refractivity contribution in [1.82, 2.24) is 0 Å². The molecule has 0 saturated heterocycles. The van der Waals surface area contributed by atoms with Crippen LogP contribution in [0.5, 0.6) is 0 Å². The molecular formula is C30H44. The third-order valence-corrected chi connectivity index (χ3v) is 7.55. The zero-order valence-electron chi connectivity index (χ0n) is 19.7. The Kier molecular flexibility index (Phi) is 10.1. The summed E-state index contributed by atoms with van der Waals surface area (Å²) in [5, 5.41) is 0. The van der Waals surface area contributed by atoms with Crippen LogP contribution in [0.4, 0.5) is 0 Å². The number of allylic oxidation sites excluding steroid dienone is 2. The van der Waals surface area contributed by atoms with Crippen LogP contribution in [0.3, 0.4) is 0 Å². The van der Waals surface area contributed by atoms with Gasteiger partial charge in [0.05, 0.1) is 0 Å². The quantitative estimate of drug-likeness (QED) is 0.284. The Morgan fingerprint density at radius 1 is 0.733 bits per heavy atom. The summed E-state index contributed by atoms with van der Waals surface area (Å²) < 4.78 is 0. The molecule has 3 rings (SSSR count). The first-order valence-corrected chi connectivity index (χ1v) is 13.1. The summed E-state index contributed by atoms with van der Waals surface area (Å²) in [7, 11) is 0. The maximum Gasteiger partial charge on any atom is 0.0249 e. The van der Waals surface area contributed by atoms with E-state index in [-0.39, 0.29) is 0 Å². The van der Waals surface area contributed by atoms with Gasteiger partial charge in [-0.1, -0.05) is 95.3 Å². The van der Waals surface area contributed by atoms with Crippen molar-refractivity contribution < 1.29 is 0 Å². The van der Waals surface area contributed by atoms with E-state index in [0.717, 1.165) is 17.8 Å². The van der Waals surface area contributed by atoms with Gasteiger partial charge in [0.15, 0.2) is 0 Å². The van der Waals surface area contributed by atoms with Crippen molar-refractivity contribution in [1.29, 1.82) is 0 Å². The predicted molar refractivity (Wildman–Crippen MR) is 132 cm³/mol. The molecule has 0 N–H and O–H groups in total. The first kappa shape index (κ1) is 23.2. The lowest BCUT2D eigenvalue weighted by molar-refractivity contribution is 0.303. The molecule has 0 heterocycles. The minimum Gasteiger partial charge on any atom is -0.0726 e. The molecule has 1 saturated carbocycles. The molecule has 1 atom stereocenters. The van der Waals surface area contributed by atoms with Gasteiger partial charge in [-0.15, -0.1) is 0 Å². The summed E-state index contributed by atoms with van der Waals surface area (Å²) in [6.45, 7) is 4.60. The second-order valence-corrected chi connectivity index (χ2v) is 9.95. The molecule has 1 fully saturated rings. The standard InChI is InChI=1S/C30H44/c1-3-5-7-9-25-11-13-27(14-12-25)15-16-28-19-23-30(24-20-28)29-21-17-26(18-22-29)10-8-6-4-2/h13,19-20,23-26,29H,3-12,14,17-18,21-22H2,1-2H3. The van der Waals surface area contributed by atoms with Crippen LogP contribution in [0.2, 0.25) is 0 Å². The molecule has 0 heteroatoms. The van der Waals surface area contributed by atoms with Gasteiger partial charge in [-0.25, -0.2) is 0 Å². The predicted octanol–water partition coefficient (Wildman–Crippen LogP) is 9.20. The summed E-state index contributed by atoms with van der Waals surface area (Å²) in [5.41, 5.74) is 4.09. The van der Waals surface area contributed by atoms with E-state index < -0.39 is 0 Å². The Labute approximate surface area is 186 Å². The molecule has 0 nitrogen and oxygen atoms in total. The van der Waals surface area contributed by atoms with Gasteiger partial charge in [0.2, 0.25) is 0 Å². The lowest BCUT2D eigenvalue weighted by Gasteiger charge is -2.29. The van der Waals surface area contributed by atoms with Crippen molar-refractivity contribution >= 4 is 0 Å². The van der Waals surface area contributed by atoms with Crippen LogP contribution in [0.25, 0.3) is 0 Å². The van der Waals surface area contributed by atoms with E-state index in [2.05, 4.69) is 56.0 Å². The number of hydrogen-bond donors (Lipinski definition) is 0. The van der Waals surface area contributed by atoms with Crippen LogP contribution in [-0.4, -0.2) is 0 Å². The fourth-order valence-electron chi connectivity index (χ4n) is 5.41. The average molecular weight is 405 g/mol. The smallest absolute Gasteiger partial charge is 0.0249 e. The molecule has 2 aliphatic carbocycles. The lowest BCUT2D eigenvalue weighted by Crippen LogP contribution is -2.13. The van der Waals surface area contributed by atoms with E-state index in [4.69, 9.17) is 0 Å². The topological polar surface area (TPSA) is 0 Å². The second kappa shape index (κ2) is 13.0. The molecule has 0 bridgehead atoms. The SMILES string of the molecule is CCCCCC1CC=C(C#Cc2ccc(C3CCC(CCCCC)CC3)cc2)CC1. The molecule has 0 spiro atoms. The first-order chi connectivity index (χ1) is 14.8. The van der Waals surface area contributed by atoms with Gasteiger partial charge in [-0.2, -0.15) is 0 Å². The fraction of sp³-hybridized carbons (Fsp3) is 0.667. The van der Waals surface area contributed by atoms with Crippen LogP contribution in [0.1, 0.15) is 127 Å². The molecule has 0 aliphatic heterocycles. The maximum absolute atomic E-state index is 3.47. The molecule has 164 valence electrons. The molecule has 0 aromatic heterocycles. The number of benzene rings is 1. The fourth-order valence-corrected chi connectivity index (χ4v) is 5.41. The van der Waals surface area contributed by atoms with Gasteiger partial charge in [0.1, 0.15) is 0 Å². The maximum atomic E-state index is 3.47.